The van der Waals surface area contributed by atoms with Crippen LogP contribution in [0.15, 0.2) is 28.7 Å². The number of benzene rings is 1. The van der Waals surface area contributed by atoms with Crippen molar-refractivity contribution in [1.82, 2.24) is 14.7 Å². The summed E-state index contributed by atoms with van der Waals surface area (Å²) < 4.78 is 1.09. The molecule has 26 heavy (non-hydrogen) atoms. The molecule has 1 unspecified atom stereocenters. The number of carbonyl (C=O) groups is 2. The lowest BCUT2D eigenvalue weighted by molar-refractivity contribution is -0.141. The molecule has 3 aliphatic rings. The van der Waals surface area contributed by atoms with E-state index in [-0.39, 0.29) is 11.8 Å². The van der Waals surface area contributed by atoms with Gasteiger partial charge in [0.25, 0.3) is 0 Å². The van der Waals surface area contributed by atoms with Gasteiger partial charge in [0.1, 0.15) is 0 Å². The minimum atomic E-state index is 0.199. The lowest BCUT2D eigenvalue weighted by Crippen LogP contribution is -2.52. The van der Waals surface area contributed by atoms with Crippen LogP contribution in [-0.4, -0.2) is 65.8 Å². The Morgan fingerprint density at radius 2 is 1.73 bits per heavy atom. The predicted octanol–water partition coefficient (Wildman–Crippen LogP) is 2.67. The number of amides is 2. The molecule has 2 saturated heterocycles. The maximum absolute atomic E-state index is 12.8. The second-order valence-corrected chi connectivity index (χ2v) is 8.58. The average molecular weight is 420 g/mol. The van der Waals surface area contributed by atoms with Crippen LogP contribution in [0.3, 0.4) is 0 Å². The molecule has 2 amide bonds. The largest absolute Gasteiger partial charge is 0.339 e. The van der Waals surface area contributed by atoms with Gasteiger partial charge in [0.15, 0.2) is 0 Å². The van der Waals surface area contributed by atoms with Gasteiger partial charge in [0.05, 0.1) is 6.54 Å². The molecule has 6 heteroatoms. The van der Waals surface area contributed by atoms with Crippen molar-refractivity contribution in [1.29, 1.82) is 0 Å². The van der Waals surface area contributed by atoms with Crippen molar-refractivity contribution in [2.75, 3.05) is 39.3 Å². The van der Waals surface area contributed by atoms with Crippen molar-refractivity contribution in [3.8, 4) is 0 Å². The number of hydrogen-bond acceptors (Lipinski definition) is 3. The first-order chi connectivity index (χ1) is 12.6. The first kappa shape index (κ1) is 18.0. The Morgan fingerprint density at radius 1 is 1.00 bits per heavy atom. The Hall–Kier alpha value is -1.40. The van der Waals surface area contributed by atoms with Crippen molar-refractivity contribution >= 4 is 27.7 Å². The molecule has 0 radical (unpaired) electrons. The van der Waals surface area contributed by atoms with Gasteiger partial charge in [-0.2, -0.15) is 0 Å². The summed E-state index contributed by atoms with van der Waals surface area (Å²) in [5, 5.41) is 0. The molecule has 1 atom stereocenters. The molecule has 1 aliphatic carbocycles. The highest BCUT2D eigenvalue weighted by Crippen LogP contribution is 2.33. The maximum atomic E-state index is 12.8. The highest BCUT2D eigenvalue weighted by Gasteiger charge is 2.36. The van der Waals surface area contributed by atoms with E-state index in [1.807, 2.05) is 15.9 Å². The number of hydrogen-bond donors (Lipinski definition) is 0. The van der Waals surface area contributed by atoms with Crippen molar-refractivity contribution in [2.45, 2.75) is 31.7 Å². The highest BCUT2D eigenvalue weighted by molar-refractivity contribution is 9.10. The number of likely N-dealkylation sites (tertiary alicyclic amines) is 1. The number of rotatable bonds is 4. The molecular formula is C20H26BrN3O2. The van der Waals surface area contributed by atoms with Crippen LogP contribution in [0.25, 0.3) is 0 Å². The summed E-state index contributed by atoms with van der Waals surface area (Å²) in [4.78, 5) is 31.1. The van der Waals surface area contributed by atoms with Gasteiger partial charge in [0, 0.05) is 42.6 Å². The van der Waals surface area contributed by atoms with E-state index in [0.29, 0.717) is 44.7 Å². The molecule has 1 aromatic carbocycles. The van der Waals surface area contributed by atoms with E-state index in [1.54, 1.807) is 0 Å². The normalized spacial score (nSPS) is 24.1. The third-order valence-electron chi connectivity index (χ3n) is 5.81. The SMILES string of the molecule is O=C(CN1CCCC1c1cccc(Br)c1)N1CCN(C(=O)C2CC2)CC1. The molecule has 5 nitrogen and oxygen atoms in total. The van der Waals surface area contributed by atoms with Crippen LogP contribution in [0.2, 0.25) is 0 Å². The predicted molar refractivity (Wildman–Crippen MR) is 104 cm³/mol. The fourth-order valence-corrected chi connectivity index (χ4v) is 4.56. The quantitative estimate of drug-likeness (QED) is 0.753. The van der Waals surface area contributed by atoms with Crippen molar-refractivity contribution in [2.24, 2.45) is 5.92 Å². The van der Waals surface area contributed by atoms with E-state index in [2.05, 4.69) is 39.0 Å². The fraction of sp³-hybridized carbons (Fsp3) is 0.600. The Labute approximate surface area is 163 Å². The molecule has 4 rings (SSSR count). The van der Waals surface area contributed by atoms with Gasteiger partial charge in [-0.1, -0.05) is 28.1 Å². The van der Waals surface area contributed by atoms with Gasteiger partial charge in [-0.15, -0.1) is 0 Å². The van der Waals surface area contributed by atoms with Gasteiger partial charge in [-0.25, -0.2) is 0 Å². The van der Waals surface area contributed by atoms with E-state index in [4.69, 9.17) is 0 Å². The molecule has 0 N–H and O–H groups in total. The molecule has 3 fully saturated rings. The van der Waals surface area contributed by atoms with Gasteiger partial charge in [-0.05, 0) is 49.9 Å². The zero-order chi connectivity index (χ0) is 18.1. The molecule has 1 saturated carbocycles. The smallest absolute Gasteiger partial charge is 0.236 e. The van der Waals surface area contributed by atoms with Crippen LogP contribution >= 0.6 is 15.9 Å². The van der Waals surface area contributed by atoms with E-state index < -0.39 is 0 Å². The van der Waals surface area contributed by atoms with Gasteiger partial charge in [-0.3, -0.25) is 14.5 Å². The third-order valence-corrected chi connectivity index (χ3v) is 6.30. The number of nitrogens with zero attached hydrogens (tertiary/aromatic N) is 3. The first-order valence-corrected chi connectivity index (χ1v) is 10.5. The maximum Gasteiger partial charge on any atom is 0.236 e. The van der Waals surface area contributed by atoms with E-state index in [1.165, 1.54) is 5.56 Å². The van der Waals surface area contributed by atoms with Crippen molar-refractivity contribution in [3.05, 3.63) is 34.3 Å². The highest BCUT2D eigenvalue weighted by atomic mass is 79.9. The summed E-state index contributed by atoms with van der Waals surface area (Å²) in [7, 11) is 0. The van der Waals surface area contributed by atoms with Crippen molar-refractivity contribution in [3.63, 3.8) is 0 Å². The zero-order valence-corrected chi connectivity index (χ0v) is 16.7. The Balaban J connectivity index is 1.32. The standard InChI is InChI=1S/C20H26BrN3O2/c21-17-4-1-3-16(13-17)18-5-2-8-24(18)14-19(25)22-9-11-23(12-10-22)20(26)15-6-7-15/h1,3-4,13,15,18H,2,5-12,14H2. The summed E-state index contributed by atoms with van der Waals surface area (Å²) in [5.74, 6) is 0.768. The minimum Gasteiger partial charge on any atom is -0.339 e. The lowest BCUT2D eigenvalue weighted by atomic mass is 10.0. The van der Waals surface area contributed by atoms with Crippen LogP contribution in [0.5, 0.6) is 0 Å². The molecule has 0 bridgehead atoms. The summed E-state index contributed by atoms with van der Waals surface area (Å²) in [6.07, 6.45) is 4.33. The summed E-state index contributed by atoms with van der Waals surface area (Å²) >= 11 is 3.55. The van der Waals surface area contributed by atoms with E-state index >= 15 is 0 Å². The summed E-state index contributed by atoms with van der Waals surface area (Å²) in [6, 6.07) is 8.75. The number of piperazine rings is 1. The average Bonchev–Trinajstić information content (AvgIpc) is 3.40. The Bertz CT molecular complexity index is 683. The van der Waals surface area contributed by atoms with E-state index in [9.17, 15) is 9.59 Å². The lowest BCUT2D eigenvalue weighted by Gasteiger charge is -2.36. The topological polar surface area (TPSA) is 43.9 Å². The second kappa shape index (κ2) is 7.69. The molecule has 0 spiro atoms. The van der Waals surface area contributed by atoms with Gasteiger partial charge >= 0.3 is 0 Å². The molecule has 1 aromatic rings. The molecule has 2 heterocycles. The summed E-state index contributed by atoms with van der Waals surface area (Å²) in [5.41, 5.74) is 1.28. The number of carbonyl (C=O) groups excluding carboxylic acids is 2. The monoisotopic (exact) mass is 419 g/mol. The van der Waals surface area contributed by atoms with E-state index in [0.717, 1.165) is 36.7 Å². The second-order valence-electron chi connectivity index (χ2n) is 7.66. The van der Waals surface area contributed by atoms with Gasteiger partial charge < -0.3 is 9.80 Å². The molecular weight excluding hydrogens is 394 g/mol. The van der Waals surface area contributed by atoms with Crippen LogP contribution in [0.4, 0.5) is 0 Å². The molecule has 140 valence electrons. The Morgan fingerprint density at radius 3 is 2.42 bits per heavy atom. The Kier molecular flexibility index (Phi) is 5.32. The van der Waals surface area contributed by atoms with Crippen LogP contribution < -0.4 is 0 Å². The minimum absolute atomic E-state index is 0.199. The fourth-order valence-electron chi connectivity index (χ4n) is 4.15. The summed E-state index contributed by atoms with van der Waals surface area (Å²) in [6.45, 7) is 4.18. The van der Waals surface area contributed by atoms with Crippen LogP contribution in [-0.2, 0) is 9.59 Å². The van der Waals surface area contributed by atoms with Crippen LogP contribution in [0.1, 0.15) is 37.3 Å². The molecule has 0 aromatic heterocycles. The van der Waals surface area contributed by atoms with Crippen LogP contribution in [0, 0.1) is 5.92 Å². The zero-order valence-electron chi connectivity index (χ0n) is 15.1. The van der Waals surface area contributed by atoms with Crippen molar-refractivity contribution < 1.29 is 9.59 Å². The number of halogens is 1. The van der Waals surface area contributed by atoms with Gasteiger partial charge in [0.2, 0.25) is 11.8 Å². The third kappa shape index (κ3) is 3.96. The first-order valence-electron chi connectivity index (χ1n) is 9.68. The molecule has 2 aliphatic heterocycles.